The highest BCUT2D eigenvalue weighted by Gasteiger charge is 2.17. The fourth-order valence-corrected chi connectivity index (χ4v) is 2.63. The number of nitrogens with zero attached hydrogens (tertiary/aromatic N) is 1. The van der Waals surface area contributed by atoms with Crippen LogP contribution in [-0.2, 0) is 4.79 Å². The lowest BCUT2D eigenvalue weighted by atomic mass is 9.91. The van der Waals surface area contributed by atoms with Crippen LogP contribution >= 0.6 is 0 Å². The number of hydrogen-bond acceptors (Lipinski definition) is 3. The molecule has 1 aromatic heterocycles. The first-order chi connectivity index (χ1) is 9.61. The van der Waals surface area contributed by atoms with E-state index in [-0.39, 0.29) is 5.91 Å². The molecule has 1 atom stereocenters. The highest BCUT2D eigenvalue weighted by molar-refractivity contribution is 5.77. The number of hydrogen-bond donors (Lipinski definition) is 1. The lowest BCUT2D eigenvalue weighted by molar-refractivity contribution is -0.118. The molecule has 0 saturated heterocycles. The van der Waals surface area contributed by atoms with Crippen molar-refractivity contribution in [2.24, 2.45) is 0 Å². The van der Waals surface area contributed by atoms with Crippen LogP contribution in [0.5, 0.6) is 0 Å². The Balaban J connectivity index is 2.23. The first kappa shape index (κ1) is 14.6. The summed E-state index contributed by atoms with van der Waals surface area (Å²) in [6, 6.07) is 6.12. The summed E-state index contributed by atoms with van der Waals surface area (Å²) in [6.07, 6.45) is 3.11. The van der Waals surface area contributed by atoms with Gasteiger partial charge in [0.1, 0.15) is 5.52 Å². The molecule has 0 aliphatic rings. The maximum absolute atomic E-state index is 11.0. The SMILES string of the molecule is CCCC(CCNC(C)=O)c1cccc2nc(C)oc12. The minimum atomic E-state index is 0.0222. The third kappa shape index (κ3) is 3.38. The number of rotatable bonds is 6. The zero-order valence-corrected chi connectivity index (χ0v) is 12.4. The lowest BCUT2D eigenvalue weighted by Gasteiger charge is -2.16. The van der Waals surface area contributed by atoms with E-state index < -0.39 is 0 Å². The minimum Gasteiger partial charge on any atom is -0.441 e. The molecule has 0 saturated carbocycles. The van der Waals surface area contributed by atoms with Gasteiger partial charge in [-0.25, -0.2) is 4.98 Å². The van der Waals surface area contributed by atoms with Gasteiger partial charge in [0.2, 0.25) is 5.91 Å². The summed E-state index contributed by atoms with van der Waals surface area (Å²) >= 11 is 0. The molecule has 108 valence electrons. The molecule has 0 aliphatic heterocycles. The van der Waals surface area contributed by atoms with Gasteiger partial charge < -0.3 is 9.73 Å². The van der Waals surface area contributed by atoms with Crippen LogP contribution in [0.15, 0.2) is 22.6 Å². The van der Waals surface area contributed by atoms with Crippen molar-refractivity contribution >= 4 is 17.0 Å². The Morgan fingerprint density at radius 2 is 2.20 bits per heavy atom. The normalized spacial score (nSPS) is 12.6. The predicted molar refractivity (Wildman–Crippen MR) is 79.7 cm³/mol. The number of aryl methyl sites for hydroxylation is 1. The molecule has 4 nitrogen and oxygen atoms in total. The van der Waals surface area contributed by atoms with Crippen LogP contribution in [-0.4, -0.2) is 17.4 Å². The predicted octanol–water partition coefficient (Wildman–Crippen LogP) is 3.55. The molecule has 1 heterocycles. The third-order valence-corrected chi connectivity index (χ3v) is 3.50. The zero-order valence-electron chi connectivity index (χ0n) is 12.4. The van der Waals surface area contributed by atoms with Crippen LogP contribution < -0.4 is 5.32 Å². The zero-order chi connectivity index (χ0) is 14.5. The van der Waals surface area contributed by atoms with Crippen molar-refractivity contribution < 1.29 is 9.21 Å². The molecule has 0 spiro atoms. The summed E-state index contributed by atoms with van der Waals surface area (Å²) in [7, 11) is 0. The molecule has 0 radical (unpaired) electrons. The van der Waals surface area contributed by atoms with E-state index in [1.165, 1.54) is 5.56 Å². The maximum atomic E-state index is 11.0. The molecular weight excluding hydrogens is 252 g/mol. The Hall–Kier alpha value is -1.84. The van der Waals surface area contributed by atoms with Crippen LogP contribution in [0.25, 0.3) is 11.1 Å². The first-order valence-electron chi connectivity index (χ1n) is 7.22. The van der Waals surface area contributed by atoms with E-state index in [1.807, 2.05) is 19.1 Å². The Morgan fingerprint density at radius 1 is 1.40 bits per heavy atom. The van der Waals surface area contributed by atoms with E-state index in [0.717, 1.165) is 30.4 Å². The van der Waals surface area contributed by atoms with Gasteiger partial charge in [0, 0.05) is 26.0 Å². The maximum Gasteiger partial charge on any atom is 0.216 e. The molecular formula is C16H22N2O2. The van der Waals surface area contributed by atoms with Gasteiger partial charge in [-0.3, -0.25) is 4.79 Å². The van der Waals surface area contributed by atoms with Gasteiger partial charge >= 0.3 is 0 Å². The van der Waals surface area contributed by atoms with Gasteiger partial charge in [0.05, 0.1) is 0 Å². The molecule has 2 rings (SSSR count). The number of nitrogens with one attached hydrogen (secondary N) is 1. The van der Waals surface area contributed by atoms with E-state index in [2.05, 4.69) is 23.3 Å². The lowest BCUT2D eigenvalue weighted by Crippen LogP contribution is -2.22. The van der Waals surface area contributed by atoms with Gasteiger partial charge in [-0.2, -0.15) is 0 Å². The van der Waals surface area contributed by atoms with Crippen LogP contribution in [0.1, 0.15) is 50.5 Å². The summed E-state index contributed by atoms with van der Waals surface area (Å²) in [5, 5.41) is 2.87. The summed E-state index contributed by atoms with van der Waals surface area (Å²) in [6.45, 7) is 6.30. The van der Waals surface area contributed by atoms with Crippen LogP contribution in [0.4, 0.5) is 0 Å². The fraction of sp³-hybridized carbons (Fsp3) is 0.500. The summed E-state index contributed by atoms with van der Waals surface area (Å²) < 4.78 is 5.76. The van der Waals surface area contributed by atoms with E-state index in [9.17, 15) is 4.79 Å². The molecule has 1 N–H and O–H groups in total. The van der Waals surface area contributed by atoms with Crippen molar-refractivity contribution in [1.82, 2.24) is 10.3 Å². The fourth-order valence-electron chi connectivity index (χ4n) is 2.63. The summed E-state index contributed by atoms with van der Waals surface area (Å²) in [5.74, 6) is 1.11. The van der Waals surface area contributed by atoms with Crippen LogP contribution in [0.2, 0.25) is 0 Å². The molecule has 0 aliphatic carbocycles. The monoisotopic (exact) mass is 274 g/mol. The van der Waals surface area contributed by atoms with Gasteiger partial charge in [0.15, 0.2) is 11.5 Å². The second kappa shape index (κ2) is 6.55. The Labute approximate surface area is 119 Å². The quantitative estimate of drug-likeness (QED) is 0.876. The Morgan fingerprint density at radius 3 is 2.90 bits per heavy atom. The van der Waals surface area contributed by atoms with Gasteiger partial charge in [-0.05, 0) is 24.8 Å². The number of amides is 1. The van der Waals surface area contributed by atoms with E-state index in [1.54, 1.807) is 6.92 Å². The second-order valence-corrected chi connectivity index (χ2v) is 5.19. The smallest absolute Gasteiger partial charge is 0.216 e. The van der Waals surface area contributed by atoms with Gasteiger partial charge in [0.25, 0.3) is 0 Å². The highest BCUT2D eigenvalue weighted by atomic mass is 16.3. The van der Waals surface area contributed by atoms with Crippen molar-refractivity contribution in [3.8, 4) is 0 Å². The largest absolute Gasteiger partial charge is 0.441 e. The van der Waals surface area contributed by atoms with Crippen molar-refractivity contribution in [2.75, 3.05) is 6.54 Å². The number of para-hydroxylation sites is 1. The average Bonchev–Trinajstić information content (AvgIpc) is 2.77. The number of benzene rings is 1. The van der Waals surface area contributed by atoms with Crippen LogP contribution in [0.3, 0.4) is 0 Å². The first-order valence-corrected chi connectivity index (χ1v) is 7.22. The molecule has 1 amide bonds. The molecule has 4 heteroatoms. The van der Waals surface area contributed by atoms with E-state index in [4.69, 9.17) is 4.42 Å². The van der Waals surface area contributed by atoms with Gasteiger partial charge in [-0.1, -0.05) is 25.5 Å². The molecule has 2 aromatic rings. The molecule has 20 heavy (non-hydrogen) atoms. The van der Waals surface area contributed by atoms with Crippen molar-refractivity contribution in [2.45, 2.75) is 46.0 Å². The minimum absolute atomic E-state index is 0.0222. The summed E-state index contributed by atoms with van der Waals surface area (Å²) in [4.78, 5) is 15.4. The van der Waals surface area contributed by atoms with E-state index in [0.29, 0.717) is 18.4 Å². The number of aromatic nitrogens is 1. The Kier molecular flexibility index (Phi) is 4.77. The highest BCUT2D eigenvalue weighted by Crippen LogP contribution is 2.31. The second-order valence-electron chi connectivity index (χ2n) is 5.19. The summed E-state index contributed by atoms with van der Waals surface area (Å²) in [5.41, 5.74) is 3.02. The van der Waals surface area contributed by atoms with Crippen molar-refractivity contribution in [3.05, 3.63) is 29.7 Å². The number of carbonyl (C=O) groups is 1. The van der Waals surface area contributed by atoms with E-state index >= 15 is 0 Å². The number of carbonyl (C=O) groups excluding carboxylic acids is 1. The molecule has 1 aromatic carbocycles. The molecule has 1 unspecified atom stereocenters. The average molecular weight is 274 g/mol. The van der Waals surface area contributed by atoms with Gasteiger partial charge in [-0.15, -0.1) is 0 Å². The number of oxazole rings is 1. The standard InChI is InChI=1S/C16H22N2O2/c1-4-6-13(9-10-17-11(2)19)14-7-5-8-15-16(14)20-12(3)18-15/h5,7-8,13H,4,6,9-10H2,1-3H3,(H,17,19). The van der Waals surface area contributed by atoms with Crippen molar-refractivity contribution in [3.63, 3.8) is 0 Å². The van der Waals surface area contributed by atoms with Crippen LogP contribution in [0, 0.1) is 6.92 Å². The third-order valence-electron chi connectivity index (χ3n) is 3.50. The topological polar surface area (TPSA) is 55.1 Å². The molecule has 0 bridgehead atoms. The van der Waals surface area contributed by atoms with Crippen molar-refractivity contribution in [1.29, 1.82) is 0 Å². The Bertz CT molecular complexity index is 589. The number of fused-ring (bicyclic) bond motifs is 1. The molecule has 0 fully saturated rings.